The predicted molar refractivity (Wildman–Crippen MR) is 97.3 cm³/mol. The number of hydrogen-bond acceptors (Lipinski definition) is 3. The Morgan fingerprint density at radius 1 is 1.12 bits per heavy atom. The number of carboxylic acid groups (broad SMARTS) is 1. The molecule has 2 atom stereocenters. The molecule has 2 heterocycles. The first kappa shape index (κ1) is 18.2. The summed E-state index contributed by atoms with van der Waals surface area (Å²) in [6.45, 7) is 7.17. The van der Waals surface area contributed by atoms with E-state index in [1.165, 1.54) is 4.90 Å². The van der Waals surface area contributed by atoms with Crippen molar-refractivity contribution in [2.75, 3.05) is 24.5 Å². The minimum absolute atomic E-state index is 0.109. The first-order valence-electron chi connectivity index (χ1n) is 8.95. The van der Waals surface area contributed by atoms with E-state index in [-0.39, 0.29) is 18.5 Å². The molecule has 7 heteroatoms. The van der Waals surface area contributed by atoms with Crippen LogP contribution in [0.5, 0.6) is 0 Å². The van der Waals surface area contributed by atoms with Crippen molar-refractivity contribution in [3.8, 4) is 0 Å². The summed E-state index contributed by atoms with van der Waals surface area (Å²) in [6, 6.07) is 3.19. The van der Waals surface area contributed by atoms with E-state index >= 15 is 0 Å². The Bertz CT molecular complexity index is 738. The van der Waals surface area contributed by atoms with E-state index in [1.54, 1.807) is 4.90 Å². The molecule has 0 radical (unpaired) electrons. The number of nitrogens with one attached hydrogen (secondary N) is 1. The summed E-state index contributed by atoms with van der Waals surface area (Å²) in [7, 11) is 0. The summed E-state index contributed by atoms with van der Waals surface area (Å²) < 4.78 is 0. The number of anilines is 1. The van der Waals surface area contributed by atoms with E-state index in [1.807, 2.05) is 20.8 Å². The molecule has 0 aromatic heterocycles. The first-order chi connectivity index (χ1) is 12.3. The van der Waals surface area contributed by atoms with E-state index < -0.39 is 17.9 Å². The monoisotopic (exact) mass is 359 g/mol. The smallest absolute Gasteiger partial charge is 0.318 e. The molecular formula is C19H25N3O4. The van der Waals surface area contributed by atoms with Crippen LogP contribution in [0.1, 0.15) is 29.5 Å². The fraction of sp³-hybridized carbons (Fsp3) is 0.526. The maximum Gasteiger partial charge on any atom is 0.318 e. The lowest BCUT2D eigenvalue weighted by atomic mass is 10.0. The van der Waals surface area contributed by atoms with Crippen LogP contribution < -0.4 is 10.2 Å². The molecule has 2 saturated heterocycles. The highest BCUT2D eigenvalue weighted by Gasteiger charge is 2.37. The fourth-order valence-electron chi connectivity index (χ4n) is 4.02. The van der Waals surface area contributed by atoms with Gasteiger partial charge in [-0.2, -0.15) is 0 Å². The van der Waals surface area contributed by atoms with Crippen LogP contribution in [0.25, 0.3) is 0 Å². The van der Waals surface area contributed by atoms with Gasteiger partial charge in [0.2, 0.25) is 5.91 Å². The standard InChI is InChI=1S/C19H25N3O4/c1-11-8-12(2)16(13(3)9-11)22-7-5-15(17(22)23)20-19(26)21-6-4-14(10-21)18(24)25/h8-9,14-15H,4-7,10H2,1-3H3,(H,20,26)(H,24,25). The van der Waals surface area contributed by atoms with Crippen molar-refractivity contribution in [2.45, 2.75) is 39.7 Å². The highest BCUT2D eigenvalue weighted by atomic mass is 16.4. The number of carbonyl (C=O) groups is 3. The average Bonchev–Trinajstić information content (AvgIpc) is 3.16. The molecule has 3 amide bonds. The van der Waals surface area contributed by atoms with Crippen molar-refractivity contribution in [2.24, 2.45) is 5.92 Å². The van der Waals surface area contributed by atoms with Crippen molar-refractivity contribution >= 4 is 23.6 Å². The maximum absolute atomic E-state index is 12.8. The van der Waals surface area contributed by atoms with Gasteiger partial charge >= 0.3 is 12.0 Å². The molecule has 2 aliphatic rings. The summed E-state index contributed by atoms with van der Waals surface area (Å²) in [5.74, 6) is -1.51. The molecule has 2 aliphatic heterocycles. The summed E-state index contributed by atoms with van der Waals surface area (Å²) in [4.78, 5) is 39.5. The van der Waals surface area contributed by atoms with Crippen molar-refractivity contribution in [3.63, 3.8) is 0 Å². The van der Waals surface area contributed by atoms with Gasteiger partial charge in [-0.1, -0.05) is 17.7 Å². The van der Waals surface area contributed by atoms with Crippen LogP contribution >= 0.6 is 0 Å². The number of aryl methyl sites for hydroxylation is 3. The van der Waals surface area contributed by atoms with Crippen molar-refractivity contribution < 1.29 is 19.5 Å². The molecule has 1 aromatic rings. The second-order valence-corrected chi connectivity index (χ2v) is 7.30. The van der Waals surface area contributed by atoms with E-state index in [0.717, 1.165) is 22.4 Å². The summed E-state index contributed by atoms with van der Waals surface area (Å²) >= 11 is 0. The van der Waals surface area contributed by atoms with Crippen molar-refractivity contribution in [1.82, 2.24) is 10.2 Å². The van der Waals surface area contributed by atoms with Crippen LogP contribution in [0.4, 0.5) is 10.5 Å². The Morgan fingerprint density at radius 3 is 2.35 bits per heavy atom. The van der Waals surface area contributed by atoms with Gasteiger partial charge in [0.05, 0.1) is 5.92 Å². The van der Waals surface area contributed by atoms with Gasteiger partial charge in [0, 0.05) is 25.3 Å². The third-order valence-corrected chi connectivity index (χ3v) is 5.23. The number of hydrogen-bond donors (Lipinski definition) is 2. The summed E-state index contributed by atoms with van der Waals surface area (Å²) in [5, 5.41) is 11.8. The SMILES string of the molecule is Cc1cc(C)c(N2CCC(NC(=O)N3CCC(C(=O)O)C3)C2=O)c(C)c1. The van der Waals surface area contributed by atoms with Gasteiger partial charge < -0.3 is 20.2 Å². The second-order valence-electron chi connectivity index (χ2n) is 7.30. The number of likely N-dealkylation sites (tertiary alicyclic amines) is 1. The zero-order valence-electron chi connectivity index (χ0n) is 15.4. The quantitative estimate of drug-likeness (QED) is 0.862. The van der Waals surface area contributed by atoms with E-state index in [0.29, 0.717) is 25.9 Å². The van der Waals surface area contributed by atoms with Crippen molar-refractivity contribution in [3.05, 3.63) is 28.8 Å². The highest BCUT2D eigenvalue weighted by molar-refractivity contribution is 6.02. The number of benzene rings is 1. The van der Waals surface area contributed by atoms with E-state index in [9.17, 15) is 14.4 Å². The minimum Gasteiger partial charge on any atom is -0.481 e. The molecule has 0 bridgehead atoms. The number of nitrogens with zero attached hydrogens (tertiary/aromatic N) is 2. The predicted octanol–water partition coefficient (Wildman–Crippen LogP) is 1.83. The van der Waals surface area contributed by atoms with Gasteiger partial charge in [-0.3, -0.25) is 9.59 Å². The number of urea groups is 1. The molecule has 0 saturated carbocycles. The molecule has 3 rings (SSSR count). The van der Waals surface area contributed by atoms with Crippen LogP contribution in [-0.4, -0.2) is 53.6 Å². The number of rotatable bonds is 3. The third kappa shape index (κ3) is 3.38. The zero-order valence-corrected chi connectivity index (χ0v) is 15.4. The van der Waals surface area contributed by atoms with Gasteiger partial charge in [-0.25, -0.2) is 4.79 Å². The molecule has 0 aliphatic carbocycles. The lowest BCUT2D eigenvalue weighted by molar-refractivity contribution is -0.141. The molecule has 140 valence electrons. The molecule has 2 unspecified atom stereocenters. The van der Waals surface area contributed by atoms with Gasteiger partial charge in [0.25, 0.3) is 0 Å². The molecule has 7 nitrogen and oxygen atoms in total. The topological polar surface area (TPSA) is 90.0 Å². The molecule has 0 spiro atoms. The normalized spacial score (nSPS) is 22.8. The average molecular weight is 359 g/mol. The lowest BCUT2D eigenvalue weighted by Crippen LogP contribution is -2.47. The minimum atomic E-state index is -0.881. The number of aliphatic carboxylic acids is 1. The molecule has 2 fully saturated rings. The van der Waals surface area contributed by atoms with E-state index in [2.05, 4.69) is 17.4 Å². The zero-order chi connectivity index (χ0) is 19.0. The van der Waals surface area contributed by atoms with Crippen LogP contribution in [0.3, 0.4) is 0 Å². The van der Waals surface area contributed by atoms with Crippen LogP contribution in [0.15, 0.2) is 12.1 Å². The number of amides is 3. The number of carbonyl (C=O) groups excluding carboxylic acids is 2. The largest absolute Gasteiger partial charge is 0.481 e. The Hall–Kier alpha value is -2.57. The number of carboxylic acids is 1. The second kappa shape index (κ2) is 6.97. The van der Waals surface area contributed by atoms with Crippen molar-refractivity contribution in [1.29, 1.82) is 0 Å². The molecule has 2 N–H and O–H groups in total. The molecule has 1 aromatic carbocycles. The Labute approximate surface area is 153 Å². The van der Waals surface area contributed by atoms with Crippen LogP contribution in [0, 0.1) is 26.7 Å². The van der Waals surface area contributed by atoms with Crippen LogP contribution in [-0.2, 0) is 9.59 Å². The Balaban J connectivity index is 1.67. The Kier molecular flexibility index (Phi) is 4.89. The third-order valence-electron chi connectivity index (χ3n) is 5.23. The molecular weight excluding hydrogens is 334 g/mol. The summed E-state index contributed by atoms with van der Waals surface area (Å²) in [5.41, 5.74) is 4.17. The Morgan fingerprint density at radius 2 is 1.77 bits per heavy atom. The maximum atomic E-state index is 12.8. The van der Waals surface area contributed by atoms with Crippen LogP contribution in [0.2, 0.25) is 0 Å². The van der Waals surface area contributed by atoms with Gasteiger partial charge in [-0.15, -0.1) is 0 Å². The van der Waals surface area contributed by atoms with Gasteiger partial charge in [0.1, 0.15) is 6.04 Å². The lowest BCUT2D eigenvalue weighted by Gasteiger charge is -2.23. The van der Waals surface area contributed by atoms with Gasteiger partial charge in [0.15, 0.2) is 0 Å². The molecule has 26 heavy (non-hydrogen) atoms. The highest BCUT2D eigenvalue weighted by Crippen LogP contribution is 2.30. The van der Waals surface area contributed by atoms with E-state index in [4.69, 9.17) is 5.11 Å². The summed E-state index contributed by atoms with van der Waals surface area (Å²) in [6.07, 6.45) is 1.00. The fourth-order valence-corrected chi connectivity index (χ4v) is 4.02. The first-order valence-corrected chi connectivity index (χ1v) is 8.95. The van der Waals surface area contributed by atoms with Gasteiger partial charge in [-0.05, 0) is 44.7 Å².